The fourth-order valence-corrected chi connectivity index (χ4v) is 3.16. The summed E-state index contributed by atoms with van der Waals surface area (Å²) in [5, 5.41) is 20.6. The lowest BCUT2D eigenvalue weighted by Gasteiger charge is -2.36. The maximum atomic E-state index is 10.4. The van der Waals surface area contributed by atoms with Gasteiger partial charge in [0.25, 0.3) is 0 Å². The first-order valence-electron chi connectivity index (χ1n) is 7.69. The van der Waals surface area contributed by atoms with Crippen LogP contribution < -0.4 is 0 Å². The van der Waals surface area contributed by atoms with Gasteiger partial charge in [-0.25, -0.2) is 4.99 Å². The molecule has 0 bridgehead atoms. The summed E-state index contributed by atoms with van der Waals surface area (Å²) in [7, 11) is 0. The Hall–Kier alpha value is -2.55. The normalized spacial score (nSPS) is 19.9. The second-order valence-electron chi connectivity index (χ2n) is 6.55. The molecule has 1 aliphatic rings. The molecule has 3 heteroatoms. The van der Waals surface area contributed by atoms with Gasteiger partial charge >= 0.3 is 0 Å². The number of aromatic hydroxyl groups is 2. The van der Waals surface area contributed by atoms with E-state index in [1.807, 2.05) is 26.0 Å². The van der Waals surface area contributed by atoms with Crippen molar-refractivity contribution in [1.82, 2.24) is 0 Å². The van der Waals surface area contributed by atoms with Crippen LogP contribution >= 0.6 is 0 Å². The molecule has 0 amide bonds. The van der Waals surface area contributed by atoms with Crippen LogP contribution in [0.2, 0.25) is 0 Å². The molecule has 23 heavy (non-hydrogen) atoms. The number of hydrogen-bond donors (Lipinski definition) is 2. The van der Waals surface area contributed by atoms with E-state index in [0.717, 1.165) is 22.4 Å². The van der Waals surface area contributed by atoms with Crippen LogP contribution in [0.15, 0.2) is 53.5 Å². The molecule has 118 valence electrons. The monoisotopic (exact) mass is 307 g/mol. The van der Waals surface area contributed by atoms with Crippen molar-refractivity contribution in [2.75, 3.05) is 0 Å². The van der Waals surface area contributed by atoms with Crippen LogP contribution in [0.3, 0.4) is 0 Å². The molecular formula is C20H21NO2. The van der Waals surface area contributed by atoms with E-state index < -0.39 is 0 Å². The summed E-state index contributed by atoms with van der Waals surface area (Å²) in [6.45, 7) is 10.2. The average molecular weight is 307 g/mol. The number of allylic oxidation sites excluding steroid dienone is 1. The van der Waals surface area contributed by atoms with E-state index in [0.29, 0.717) is 17.7 Å². The summed E-state index contributed by atoms with van der Waals surface area (Å²) >= 11 is 0. The number of para-hydroxylation sites is 1. The summed E-state index contributed by atoms with van der Waals surface area (Å²) < 4.78 is 0. The maximum absolute atomic E-state index is 10.4. The minimum Gasteiger partial charge on any atom is -0.507 e. The Balaban J connectivity index is 2.29. The van der Waals surface area contributed by atoms with Gasteiger partial charge in [-0.3, -0.25) is 0 Å². The molecular weight excluding hydrogens is 286 g/mol. The number of hydrogen-bond acceptors (Lipinski definition) is 3. The Labute approximate surface area is 136 Å². The standard InChI is InChI=1S/C20H21NO2/c1-12(2)20(4)11-16(14-7-5-6-8-17(14)22)21-19-15(20)9-13(3)10-18(19)23/h5-10,22-23H,1,11H2,2-4H3/t20-/m0/s1. The first-order chi connectivity index (χ1) is 10.8. The molecule has 0 spiro atoms. The third-order valence-corrected chi connectivity index (χ3v) is 4.75. The molecule has 3 nitrogen and oxygen atoms in total. The minimum atomic E-state index is -0.335. The van der Waals surface area contributed by atoms with Crippen LogP contribution in [0.4, 0.5) is 5.69 Å². The van der Waals surface area contributed by atoms with Gasteiger partial charge in [-0.15, -0.1) is 0 Å². The van der Waals surface area contributed by atoms with Gasteiger partial charge in [-0.05, 0) is 43.2 Å². The molecule has 0 fully saturated rings. The SMILES string of the molecule is C=C(C)[C@]1(C)CC(c2ccccc2O)=Nc2c(O)cc(C)cc21. The molecule has 2 aromatic carbocycles. The number of aryl methyl sites for hydroxylation is 1. The highest BCUT2D eigenvalue weighted by Gasteiger charge is 2.37. The molecule has 0 aliphatic carbocycles. The smallest absolute Gasteiger partial charge is 0.141 e. The Morgan fingerprint density at radius 1 is 1.17 bits per heavy atom. The number of nitrogens with zero attached hydrogens (tertiary/aromatic N) is 1. The highest BCUT2D eigenvalue weighted by atomic mass is 16.3. The van der Waals surface area contributed by atoms with Crippen LogP contribution in [-0.2, 0) is 5.41 Å². The van der Waals surface area contributed by atoms with E-state index in [-0.39, 0.29) is 16.9 Å². The summed E-state index contributed by atoms with van der Waals surface area (Å²) in [5.74, 6) is 0.366. The second-order valence-corrected chi connectivity index (χ2v) is 6.55. The molecule has 0 saturated carbocycles. The highest BCUT2D eigenvalue weighted by molar-refractivity contribution is 6.07. The van der Waals surface area contributed by atoms with Gasteiger partial charge in [-0.1, -0.05) is 37.3 Å². The largest absolute Gasteiger partial charge is 0.507 e. The zero-order valence-electron chi connectivity index (χ0n) is 13.7. The molecule has 2 N–H and O–H groups in total. The van der Waals surface area contributed by atoms with Crippen molar-refractivity contribution in [1.29, 1.82) is 0 Å². The fourth-order valence-electron chi connectivity index (χ4n) is 3.16. The molecule has 0 aromatic heterocycles. The lowest BCUT2D eigenvalue weighted by molar-refractivity contribution is 0.468. The molecule has 1 atom stereocenters. The summed E-state index contributed by atoms with van der Waals surface area (Å²) in [6, 6.07) is 10.9. The van der Waals surface area contributed by atoms with Gasteiger partial charge in [0.1, 0.15) is 17.2 Å². The van der Waals surface area contributed by atoms with Crippen molar-refractivity contribution >= 4 is 11.4 Å². The molecule has 0 radical (unpaired) electrons. The van der Waals surface area contributed by atoms with Gasteiger partial charge in [0.2, 0.25) is 0 Å². The van der Waals surface area contributed by atoms with E-state index in [1.165, 1.54) is 0 Å². The second kappa shape index (κ2) is 5.27. The topological polar surface area (TPSA) is 52.8 Å². The number of benzene rings is 2. The van der Waals surface area contributed by atoms with E-state index in [2.05, 4.69) is 24.6 Å². The molecule has 3 rings (SSSR count). The van der Waals surface area contributed by atoms with Gasteiger partial charge in [-0.2, -0.15) is 0 Å². The summed E-state index contributed by atoms with van der Waals surface area (Å²) in [4.78, 5) is 4.66. The van der Waals surface area contributed by atoms with Crippen LogP contribution in [-0.4, -0.2) is 15.9 Å². The Kier molecular flexibility index (Phi) is 3.52. The number of phenols is 2. The van der Waals surface area contributed by atoms with Crippen molar-refractivity contribution < 1.29 is 10.2 Å². The first kappa shape index (κ1) is 15.3. The van der Waals surface area contributed by atoms with Gasteiger partial charge in [0.15, 0.2) is 0 Å². The zero-order valence-corrected chi connectivity index (χ0v) is 13.7. The average Bonchev–Trinajstić information content (AvgIpc) is 2.48. The number of aliphatic imine (C=N–C) groups is 1. The van der Waals surface area contributed by atoms with E-state index in [1.54, 1.807) is 18.2 Å². The van der Waals surface area contributed by atoms with Crippen molar-refractivity contribution in [3.63, 3.8) is 0 Å². The summed E-state index contributed by atoms with van der Waals surface area (Å²) in [5.41, 5.74) is 4.69. The van der Waals surface area contributed by atoms with Gasteiger partial charge < -0.3 is 10.2 Å². The van der Waals surface area contributed by atoms with Crippen LogP contribution in [0.5, 0.6) is 11.5 Å². The lowest BCUT2D eigenvalue weighted by Crippen LogP contribution is -2.30. The zero-order chi connectivity index (χ0) is 16.8. The van der Waals surface area contributed by atoms with Crippen molar-refractivity contribution in [2.24, 2.45) is 4.99 Å². The Morgan fingerprint density at radius 2 is 1.87 bits per heavy atom. The van der Waals surface area contributed by atoms with Crippen LogP contribution in [0.1, 0.15) is 37.0 Å². The highest BCUT2D eigenvalue weighted by Crippen LogP contribution is 2.48. The van der Waals surface area contributed by atoms with Crippen LogP contribution in [0.25, 0.3) is 0 Å². The third kappa shape index (κ3) is 2.42. The predicted molar refractivity (Wildman–Crippen MR) is 93.9 cm³/mol. The predicted octanol–water partition coefficient (Wildman–Crippen LogP) is 4.76. The van der Waals surface area contributed by atoms with E-state index >= 15 is 0 Å². The molecule has 2 aromatic rings. The first-order valence-corrected chi connectivity index (χ1v) is 7.69. The number of phenolic OH excluding ortho intramolecular Hbond substituents is 2. The minimum absolute atomic E-state index is 0.167. The number of fused-ring (bicyclic) bond motifs is 1. The maximum Gasteiger partial charge on any atom is 0.141 e. The van der Waals surface area contributed by atoms with Crippen molar-refractivity contribution in [3.05, 3.63) is 65.2 Å². The molecule has 1 heterocycles. The van der Waals surface area contributed by atoms with E-state index in [4.69, 9.17) is 0 Å². The third-order valence-electron chi connectivity index (χ3n) is 4.75. The Morgan fingerprint density at radius 3 is 2.52 bits per heavy atom. The lowest BCUT2D eigenvalue weighted by atomic mass is 9.70. The van der Waals surface area contributed by atoms with E-state index in [9.17, 15) is 10.2 Å². The summed E-state index contributed by atoms with van der Waals surface area (Å²) in [6.07, 6.45) is 0.635. The molecule has 1 aliphatic heterocycles. The van der Waals surface area contributed by atoms with Crippen molar-refractivity contribution in [3.8, 4) is 11.5 Å². The molecule has 0 unspecified atom stereocenters. The van der Waals surface area contributed by atoms with Crippen LogP contribution in [0, 0.1) is 6.92 Å². The number of rotatable bonds is 2. The Bertz CT molecular complexity index is 836. The molecule has 0 saturated heterocycles. The van der Waals surface area contributed by atoms with Gasteiger partial charge in [0.05, 0.1) is 5.71 Å². The van der Waals surface area contributed by atoms with Gasteiger partial charge in [0, 0.05) is 17.4 Å². The quantitative estimate of drug-likeness (QED) is 0.786. The fraction of sp³-hybridized carbons (Fsp3) is 0.250. The van der Waals surface area contributed by atoms with Crippen molar-refractivity contribution in [2.45, 2.75) is 32.6 Å².